The van der Waals surface area contributed by atoms with Crippen LogP contribution in [0, 0.1) is 10.6 Å². The van der Waals surface area contributed by atoms with Crippen molar-refractivity contribution in [2.24, 2.45) is 7.05 Å². The number of hydrogen-bond donors (Lipinski definition) is 0. The maximum atomic E-state index is 11.8. The molecule has 4 heteroatoms. The van der Waals surface area contributed by atoms with Crippen molar-refractivity contribution >= 4 is 22.6 Å². The second kappa shape index (κ2) is 5.45. The van der Waals surface area contributed by atoms with Crippen molar-refractivity contribution in [3.63, 3.8) is 0 Å². The highest BCUT2D eigenvalue weighted by atomic mass is 127. The predicted octanol–water partition coefficient (Wildman–Crippen LogP) is 3.48. The summed E-state index contributed by atoms with van der Waals surface area (Å²) in [7, 11) is 1.79. The molecule has 0 radical (unpaired) electrons. The third-order valence-electron chi connectivity index (χ3n) is 3.11. The molecule has 0 aliphatic rings. The average Bonchev–Trinajstić information content (AvgIpc) is 2.35. The van der Waals surface area contributed by atoms with Gasteiger partial charge in [0, 0.05) is 29.9 Å². The molecule has 0 aromatic carbocycles. The molecule has 0 atom stereocenters. The number of nitrogens with zero attached hydrogens (tertiary/aromatic N) is 2. The van der Waals surface area contributed by atoms with Gasteiger partial charge in [-0.15, -0.1) is 0 Å². The Morgan fingerprint density at radius 1 is 1.32 bits per heavy atom. The first-order valence-corrected chi connectivity index (χ1v) is 7.32. The Balaban J connectivity index is 2.68. The van der Waals surface area contributed by atoms with Gasteiger partial charge >= 0.3 is 0 Å². The molecule has 100 valence electrons. The standard InChI is InChI=1S/C15H17IN2O/c1-9(2)14-12(5-6-13(16)17-14)11-7-10(3)15(19)18(4)8-11/h5-9H,1-4H3. The van der Waals surface area contributed by atoms with E-state index in [1.54, 1.807) is 11.6 Å². The topological polar surface area (TPSA) is 34.9 Å². The molecule has 0 aliphatic heterocycles. The van der Waals surface area contributed by atoms with Gasteiger partial charge in [-0.2, -0.15) is 0 Å². The van der Waals surface area contributed by atoms with Crippen molar-refractivity contribution in [1.29, 1.82) is 0 Å². The molecule has 2 heterocycles. The van der Waals surface area contributed by atoms with E-state index in [0.717, 1.165) is 26.1 Å². The van der Waals surface area contributed by atoms with Gasteiger partial charge in [0.25, 0.3) is 5.56 Å². The molecule has 0 spiro atoms. The average molecular weight is 368 g/mol. The highest BCUT2D eigenvalue weighted by Gasteiger charge is 2.12. The second-order valence-corrected chi connectivity index (χ2v) is 6.15. The zero-order chi connectivity index (χ0) is 14.2. The fourth-order valence-corrected chi connectivity index (χ4v) is 2.60. The van der Waals surface area contributed by atoms with E-state index in [1.165, 1.54) is 0 Å². The molecule has 0 fully saturated rings. The van der Waals surface area contributed by atoms with Gasteiger partial charge in [-0.05, 0) is 53.6 Å². The number of pyridine rings is 2. The lowest BCUT2D eigenvalue weighted by molar-refractivity contribution is 0.817. The molecule has 0 N–H and O–H groups in total. The van der Waals surface area contributed by atoms with Gasteiger partial charge < -0.3 is 4.57 Å². The van der Waals surface area contributed by atoms with Crippen LogP contribution in [0.25, 0.3) is 11.1 Å². The quantitative estimate of drug-likeness (QED) is 0.601. The van der Waals surface area contributed by atoms with Crippen LogP contribution in [0.1, 0.15) is 31.0 Å². The monoisotopic (exact) mass is 368 g/mol. The van der Waals surface area contributed by atoms with E-state index < -0.39 is 0 Å². The van der Waals surface area contributed by atoms with Crippen LogP contribution < -0.4 is 5.56 Å². The minimum absolute atomic E-state index is 0.0494. The van der Waals surface area contributed by atoms with Crippen molar-refractivity contribution in [2.75, 3.05) is 0 Å². The molecule has 2 aromatic rings. The van der Waals surface area contributed by atoms with Crippen LogP contribution in [-0.4, -0.2) is 9.55 Å². The third-order valence-corrected chi connectivity index (χ3v) is 3.71. The van der Waals surface area contributed by atoms with Crippen LogP contribution in [0.3, 0.4) is 0 Å². The van der Waals surface area contributed by atoms with Crippen molar-refractivity contribution in [2.45, 2.75) is 26.7 Å². The van der Waals surface area contributed by atoms with Gasteiger partial charge in [-0.25, -0.2) is 4.98 Å². The van der Waals surface area contributed by atoms with Gasteiger partial charge in [0.1, 0.15) is 3.70 Å². The highest BCUT2D eigenvalue weighted by Crippen LogP contribution is 2.28. The maximum absolute atomic E-state index is 11.8. The summed E-state index contributed by atoms with van der Waals surface area (Å²) in [6, 6.07) is 6.03. The summed E-state index contributed by atoms with van der Waals surface area (Å²) in [5, 5.41) is 0. The highest BCUT2D eigenvalue weighted by molar-refractivity contribution is 14.1. The van der Waals surface area contributed by atoms with Crippen LogP contribution in [0.15, 0.2) is 29.2 Å². The first kappa shape index (κ1) is 14.2. The van der Waals surface area contributed by atoms with E-state index >= 15 is 0 Å². The minimum atomic E-state index is 0.0494. The third kappa shape index (κ3) is 2.88. The molecular formula is C15H17IN2O. The normalized spacial score (nSPS) is 11.1. The Kier molecular flexibility index (Phi) is 4.08. The molecule has 0 unspecified atom stereocenters. The van der Waals surface area contributed by atoms with Gasteiger partial charge in [-0.3, -0.25) is 4.79 Å². The maximum Gasteiger partial charge on any atom is 0.253 e. The molecule has 0 saturated carbocycles. The molecule has 0 amide bonds. The van der Waals surface area contributed by atoms with E-state index in [0.29, 0.717) is 5.92 Å². The molecule has 19 heavy (non-hydrogen) atoms. The molecule has 3 nitrogen and oxygen atoms in total. The molecule has 2 rings (SSSR count). The predicted molar refractivity (Wildman–Crippen MR) is 86.5 cm³/mol. The first-order chi connectivity index (χ1) is 8.90. The summed E-state index contributed by atoms with van der Waals surface area (Å²) in [5.41, 5.74) is 4.04. The van der Waals surface area contributed by atoms with Crippen molar-refractivity contribution in [3.05, 3.63) is 49.7 Å². The first-order valence-electron chi connectivity index (χ1n) is 6.24. The summed E-state index contributed by atoms with van der Waals surface area (Å²) >= 11 is 2.23. The number of halogens is 1. The number of hydrogen-bond acceptors (Lipinski definition) is 2. The summed E-state index contributed by atoms with van der Waals surface area (Å²) in [5.74, 6) is 0.349. The smallest absolute Gasteiger partial charge is 0.253 e. The number of aromatic nitrogens is 2. The van der Waals surface area contributed by atoms with Gasteiger partial charge in [0.15, 0.2) is 0 Å². The van der Waals surface area contributed by atoms with Gasteiger partial charge in [0.05, 0.1) is 5.69 Å². The van der Waals surface area contributed by atoms with Crippen LogP contribution in [0.2, 0.25) is 0 Å². The molecule has 0 bridgehead atoms. The van der Waals surface area contributed by atoms with E-state index in [4.69, 9.17) is 0 Å². The zero-order valence-electron chi connectivity index (χ0n) is 11.6. The summed E-state index contributed by atoms with van der Waals surface area (Å²) < 4.78 is 2.62. The lowest BCUT2D eigenvalue weighted by Crippen LogP contribution is -2.18. The van der Waals surface area contributed by atoms with Crippen molar-refractivity contribution < 1.29 is 0 Å². The lowest BCUT2D eigenvalue weighted by atomic mass is 9.98. The van der Waals surface area contributed by atoms with Crippen LogP contribution >= 0.6 is 22.6 Å². The van der Waals surface area contributed by atoms with E-state index in [1.807, 2.05) is 25.3 Å². The number of aryl methyl sites for hydroxylation is 2. The number of rotatable bonds is 2. The van der Waals surface area contributed by atoms with E-state index in [9.17, 15) is 4.79 Å². The molecule has 0 aliphatic carbocycles. The summed E-state index contributed by atoms with van der Waals surface area (Å²) in [4.78, 5) is 16.4. The van der Waals surface area contributed by atoms with Gasteiger partial charge in [-0.1, -0.05) is 13.8 Å². The minimum Gasteiger partial charge on any atom is -0.318 e. The molecule has 0 saturated heterocycles. The Bertz CT molecular complexity index is 648. The Labute approximate surface area is 126 Å². The van der Waals surface area contributed by atoms with Gasteiger partial charge in [0.2, 0.25) is 0 Å². The Morgan fingerprint density at radius 3 is 2.58 bits per heavy atom. The summed E-state index contributed by atoms with van der Waals surface area (Å²) in [6.07, 6.45) is 1.88. The molecule has 2 aromatic heterocycles. The SMILES string of the molecule is Cc1cc(-c2ccc(I)nc2C(C)C)cn(C)c1=O. The van der Waals surface area contributed by atoms with Crippen LogP contribution in [0.5, 0.6) is 0 Å². The van der Waals surface area contributed by atoms with E-state index in [-0.39, 0.29) is 5.56 Å². The lowest BCUT2D eigenvalue weighted by Gasteiger charge is -2.13. The fourth-order valence-electron chi connectivity index (χ4n) is 2.16. The fraction of sp³-hybridized carbons (Fsp3) is 0.333. The largest absolute Gasteiger partial charge is 0.318 e. The second-order valence-electron chi connectivity index (χ2n) is 5.05. The van der Waals surface area contributed by atoms with E-state index in [2.05, 4.69) is 47.5 Å². The van der Waals surface area contributed by atoms with Crippen LogP contribution in [-0.2, 0) is 7.05 Å². The zero-order valence-corrected chi connectivity index (χ0v) is 13.7. The Hall–Kier alpha value is -1.17. The summed E-state index contributed by atoms with van der Waals surface area (Å²) in [6.45, 7) is 6.12. The van der Waals surface area contributed by atoms with Crippen LogP contribution in [0.4, 0.5) is 0 Å². The van der Waals surface area contributed by atoms with Crippen molar-refractivity contribution in [1.82, 2.24) is 9.55 Å². The molecular weight excluding hydrogens is 351 g/mol. The Morgan fingerprint density at radius 2 is 2.00 bits per heavy atom. The van der Waals surface area contributed by atoms with Crippen molar-refractivity contribution in [3.8, 4) is 11.1 Å².